The number of hydrogen-bond acceptors (Lipinski definition) is 3. The number of benzene rings is 1. The molecule has 2 aliphatic carbocycles. The molecular weight excluding hydrogens is 342 g/mol. The van der Waals surface area contributed by atoms with E-state index in [1.165, 1.54) is 69.8 Å². The van der Waals surface area contributed by atoms with Gasteiger partial charge in [0.05, 0.1) is 4.58 Å². The predicted octanol–water partition coefficient (Wildman–Crippen LogP) is 7.05. The van der Waals surface area contributed by atoms with Gasteiger partial charge in [0.1, 0.15) is 0 Å². The number of hydrogen-bond donors (Lipinski definition) is 1. The lowest BCUT2D eigenvalue weighted by Gasteiger charge is -2.31. The molecule has 0 radical (unpaired) electrons. The van der Waals surface area contributed by atoms with Crippen LogP contribution >= 0.6 is 35.1 Å². The minimum Gasteiger partial charge on any atom is -0.398 e. The second-order valence-corrected chi connectivity index (χ2v) is 10.5. The molecule has 0 aromatic heterocycles. The van der Waals surface area contributed by atoms with Gasteiger partial charge in [-0.2, -0.15) is 0 Å². The fourth-order valence-corrected chi connectivity index (χ4v) is 7.67. The minimum atomic E-state index is 0.444. The van der Waals surface area contributed by atoms with E-state index in [4.69, 9.17) is 17.3 Å². The molecule has 2 fully saturated rings. The zero-order valence-electron chi connectivity index (χ0n) is 13.8. The van der Waals surface area contributed by atoms with Crippen LogP contribution in [0, 0.1) is 0 Å². The molecule has 23 heavy (non-hydrogen) atoms. The molecule has 4 heteroatoms. The van der Waals surface area contributed by atoms with E-state index in [0.29, 0.717) is 4.58 Å². The third-order valence-electron chi connectivity index (χ3n) is 5.04. The number of nitrogen functional groups attached to an aromatic ring is 1. The first-order chi connectivity index (χ1) is 11.2. The summed E-state index contributed by atoms with van der Waals surface area (Å²) < 4.78 is 0.444. The molecule has 2 saturated carbocycles. The number of nitrogens with two attached hydrogens (primary N) is 1. The van der Waals surface area contributed by atoms with E-state index in [-0.39, 0.29) is 0 Å². The molecule has 0 aliphatic heterocycles. The molecule has 1 aromatic carbocycles. The first kappa shape index (κ1) is 17.8. The fraction of sp³-hybridized carbons (Fsp3) is 0.684. The smallest absolute Gasteiger partial charge is 0.0777 e. The highest BCUT2D eigenvalue weighted by Gasteiger charge is 2.26. The Bertz CT molecular complexity index is 476. The summed E-state index contributed by atoms with van der Waals surface area (Å²) in [6.45, 7) is 0. The maximum absolute atomic E-state index is 6.32. The highest BCUT2D eigenvalue weighted by Crippen LogP contribution is 2.50. The molecule has 1 aromatic rings. The van der Waals surface area contributed by atoms with Crippen molar-refractivity contribution in [1.82, 2.24) is 0 Å². The van der Waals surface area contributed by atoms with E-state index >= 15 is 0 Å². The SMILES string of the molecule is Nc1ccc(Cl)cc1C(SC1CCCCC1)SC1CCCCC1. The first-order valence-electron chi connectivity index (χ1n) is 9.08. The highest BCUT2D eigenvalue weighted by molar-refractivity contribution is 8.16. The Balaban J connectivity index is 1.74. The Labute approximate surface area is 154 Å². The van der Waals surface area contributed by atoms with Gasteiger partial charge in [0.2, 0.25) is 0 Å². The van der Waals surface area contributed by atoms with Crippen molar-refractivity contribution in [2.75, 3.05) is 5.73 Å². The van der Waals surface area contributed by atoms with Crippen molar-refractivity contribution in [2.45, 2.75) is 79.3 Å². The van der Waals surface area contributed by atoms with Crippen LogP contribution in [0.3, 0.4) is 0 Å². The van der Waals surface area contributed by atoms with Gasteiger partial charge in [0.15, 0.2) is 0 Å². The first-order valence-corrected chi connectivity index (χ1v) is 11.3. The van der Waals surface area contributed by atoms with Crippen LogP contribution in [0.2, 0.25) is 5.02 Å². The second-order valence-electron chi connectivity index (χ2n) is 6.90. The van der Waals surface area contributed by atoms with Gasteiger partial charge in [-0.1, -0.05) is 50.1 Å². The molecule has 0 atom stereocenters. The summed E-state index contributed by atoms with van der Waals surface area (Å²) >= 11 is 10.6. The van der Waals surface area contributed by atoms with Crippen molar-refractivity contribution in [3.05, 3.63) is 28.8 Å². The van der Waals surface area contributed by atoms with Crippen LogP contribution in [0.25, 0.3) is 0 Å². The lowest BCUT2D eigenvalue weighted by atomic mass is 10.0. The van der Waals surface area contributed by atoms with E-state index in [0.717, 1.165) is 21.2 Å². The normalized spacial score (nSPS) is 21.0. The molecule has 0 unspecified atom stereocenters. The molecular formula is C19H28ClNS2. The summed E-state index contributed by atoms with van der Waals surface area (Å²) in [5.41, 5.74) is 8.48. The molecule has 0 amide bonds. The monoisotopic (exact) mass is 369 g/mol. The summed E-state index contributed by atoms with van der Waals surface area (Å²) in [7, 11) is 0. The summed E-state index contributed by atoms with van der Waals surface area (Å²) in [4.78, 5) is 0. The van der Waals surface area contributed by atoms with Gasteiger partial charge >= 0.3 is 0 Å². The quantitative estimate of drug-likeness (QED) is 0.444. The fourth-order valence-electron chi connectivity index (χ4n) is 3.68. The van der Waals surface area contributed by atoms with Crippen LogP contribution in [-0.4, -0.2) is 10.5 Å². The molecule has 2 N–H and O–H groups in total. The molecule has 0 bridgehead atoms. The van der Waals surface area contributed by atoms with Gasteiger partial charge in [-0.3, -0.25) is 0 Å². The van der Waals surface area contributed by atoms with E-state index in [1.807, 2.05) is 12.1 Å². The Hall–Kier alpha value is 0.01000. The Morgan fingerprint density at radius 1 is 0.870 bits per heavy atom. The van der Waals surface area contributed by atoms with Crippen LogP contribution < -0.4 is 5.73 Å². The zero-order valence-corrected chi connectivity index (χ0v) is 16.2. The number of rotatable bonds is 5. The Morgan fingerprint density at radius 2 is 1.39 bits per heavy atom. The van der Waals surface area contributed by atoms with Crippen LogP contribution in [0.4, 0.5) is 5.69 Å². The summed E-state index contributed by atoms with van der Waals surface area (Å²) in [5.74, 6) is 0. The van der Waals surface area contributed by atoms with Crippen LogP contribution in [-0.2, 0) is 0 Å². The molecule has 2 aliphatic rings. The molecule has 128 valence electrons. The van der Waals surface area contributed by atoms with Gasteiger partial charge in [0, 0.05) is 21.2 Å². The van der Waals surface area contributed by atoms with Crippen molar-refractivity contribution >= 4 is 40.8 Å². The van der Waals surface area contributed by atoms with Gasteiger partial charge in [-0.05, 0) is 49.4 Å². The summed E-state index contributed by atoms with van der Waals surface area (Å²) in [5, 5.41) is 2.40. The Morgan fingerprint density at radius 3 is 1.91 bits per heavy atom. The number of thioether (sulfide) groups is 2. The van der Waals surface area contributed by atoms with Crippen molar-refractivity contribution < 1.29 is 0 Å². The van der Waals surface area contributed by atoms with Crippen molar-refractivity contribution in [2.24, 2.45) is 0 Å². The molecule has 0 saturated heterocycles. The number of halogens is 1. The largest absolute Gasteiger partial charge is 0.398 e. The molecule has 3 rings (SSSR count). The van der Waals surface area contributed by atoms with Crippen molar-refractivity contribution in [1.29, 1.82) is 0 Å². The summed E-state index contributed by atoms with van der Waals surface area (Å²) in [6, 6.07) is 5.99. The second kappa shape index (κ2) is 8.92. The Kier molecular flexibility index (Phi) is 6.91. The highest BCUT2D eigenvalue weighted by atomic mass is 35.5. The minimum absolute atomic E-state index is 0.444. The van der Waals surface area contributed by atoms with Gasteiger partial charge in [0.25, 0.3) is 0 Å². The van der Waals surface area contributed by atoms with E-state index in [9.17, 15) is 0 Å². The molecule has 0 spiro atoms. The molecule has 0 heterocycles. The van der Waals surface area contributed by atoms with Gasteiger partial charge < -0.3 is 5.73 Å². The lowest BCUT2D eigenvalue weighted by Crippen LogP contribution is -2.14. The lowest BCUT2D eigenvalue weighted by molar-refractivity contribution is 0.513. The summed E-state index contributed by atoms with van der Waals surface area (Å²) in [6.07, 6.45) is 13.9. The van der Waals surface area contributed by atoms with E-state index < -0.39 is 0 Å². The van der Waals surface area contributed by atoms with Crippen molar-refractivity contribution in [3.63, 3.8) is 0 Å². The average molecular weight is 370 g/mol. The van der Waals surface area contributed by atoms with E-state index in [2.05, 4.69) is 29.6 Å². The molecule has 1 nitrogen and oxygen atoms in total. The van der Waals surface area contributed by atoms with Crippen LogP contribution in [0.5, 0.6) is 0 Å². The predicted molar refractivity (Wildman–Crippen MR) is 108 cm³/mol. The third-order valence-corrected chi connectivity index (χ3v) is 8.66. The van der Waals surface area contributed by atoms with Crippen LogP contribution in [0.15, 0.2) is 18.2 Å². The average Bonchev–Trinajstić information content (AvgIpc) is 2.58. The van der Waals surface area contributed by atoms with Gasteiger partial charge in [-0.25, -0.2) is 0 Å². The third kappa shape index (κ3) is 5.24. The van der Waals surface area contributed by atoms with Crippen molar-refractivity contribution in [3.8, 4) is 0 Å². The standard InChI is InChI=1S/C19H28ClNS2/c20-14-11-12-18(21)17(13-14)19(22-15-7-3-1-4-8-15)23-16-9-5-2-6-10-16/h11-13,15-16,19H,1-10,21H2. The van der Waals surface area contributed by atoms with Gasteiger partial charge in [-0.15, -0.1) is 23.5 Å². The number of anilines is 1. The van der Waals surface area contributed by atoms with Crippen LogP contribution in [0.1, 0.15) is 74.4 Å². The van der Waals surface area contributed by atoms with E-state index in [1.54, 1.807) is 0 Å². The maximum Gasteiger partial charge on any atom is 0.0777 e. The maximum atomic E-state index is 6.32. The topological polar surface area (TPSA) is 26.0 Å². The zero-order chi connectivity index (χ0) is 16.1.